The summed E-state index contributed by atoms with van der Waals surface area (Å²) in [5.74, 6) is 0. The third kappa shape index (κ3) is 3.65. The quantitative estimate of drug-likeness (QED) is 0.929. The summed E-state index contributed by atoms with van der Waals surface area (Å²) < 4.78 is 1.11. The van der Waals surface area contributed by atoms with Gasteiger partial charge in [0.2, 0.25) is 0 Å². The highest BCUT2D eigenvalue weighted by Gasteiger charge is 2.04. The van der Waals surface area contributed by atoms with Crippen LogP contribution in [0.25, 0.3) is 0 Å². The molecule has 0 amide bonds. The Morgan fingerprint density at radius 1 is 1.24 bits per heavy atom. The van der Waals surface area contributed by atoms with E-state index in [-0.39, 0.29) is 0 Å². The zero-order chi connectivity index (χ0) is 12.1. The van der Waals surface area contributed by atoms with E-state index in [4.69, 9.17) is 0 Å². The molecule has 0 fully saturated rings. The minimum atomic E-state index is 0.336. The van der Waals surface area contributed by atoms with E-state index in [0.717, 1.165) is 11.0 Å². The third-order valence-electron chi connectivity index (χ3n) is 2.71. The lowest BCUT2D eigenvalue weighted by atomic mass is 10.1. The number of halogens is 1. The number of hydrogen-bond donors (Lipinski definition) is 1. The van der Waals surface area contributed by atoms with Crippen molar-refractivity contribution in [3.8, 4) is 0 Å². The van der Waals surface area contributed by atoms with E-state index in [0.29, 0.717) is 6.04 Å². The Balaban J connectivity index is 1.93. The molecule has 0 aliphatic heterocycles. The highest BCUT2D eigenvalue weighted by molar-refractivity contribution is 9.10. The topological polar surface area (TPSA) is 24.9 Å². The van der Waals surface area contributed by atoms with E-state index in [1.165, 1.54) is 11.1 Å². The van der Waals surface area contributed by atoms with E-state index >= 15 is 0 Å². The number of benzene rings is 1. The van der Waals surface area contributed by atoms with Gasteiger partial charge in [-0.25, -0.2) is 0 Å². The molecule has 1 aromatic heterocycles. The van der Waals surface area contributed by atoms with Crippen molar-refractivity contribution in [2.24, 2.45) is 0 Å². The van der Waals surface area contributed by atoms with Gasteiger partial charge in [0.25, 0.3) is 0 Å². The van der Waals surface area contributed by atoms with Crippen molar-refractivity contribution < 1.29 is 0 Å². The predicted molar refractivity (Wildman–Crippen MR) is 73.6 cm³/mol. The van der Waals surface area contributed by atoms with Gasteiger partial charge in [-0.15, -0.1) is 0 Å². The minimum Gasteiger partial charge on any atom is -0.306 e. The van der Waals surface area contributed by atoms with Gasteiger partial charge in [-0.3, -0.25) is 4.98 Å². The normalized spacial score (nSPS) is 12.4. The third-order valence-corrected chi connectivity index (χ3v) is 3.23. The second-order valence-electron chi connectivity index (χ2n) is 4.02. The fraction of sp³-hybridized carbons (Fsp3) is 0.214. The maximum Gasteiger partial charge on any atom is 0.0312 e. The summed E-state index contributed by atoms with van der Waals surface area (Å²) in [6.45, 7) is 3.00. The first-order valence-corrected chi connectivity index (χ1v) is 6.43. The maximum absolute atomic E-state index is 4.10. The van der Waals surface area contributed by atoms with Crippen molar-refractivity contribution in [2.45, 2.75) is 19.5 Å². The van der Waals surface area contributed by atoms with Crippen molar-refractivity contribution in [1.82, 2.24) is 10.3 Å². The van der Waals surface area contributed by atoms with Gasteiger partial charge in [-0.1, -0.05) is 34.1 Å². The minimum absolute atomic E-state index is 0.336. The summed E-state index contributed by atoms with van der Waals surface area (Å²) in [5, 5.41) is 3.48. The molecule has 2 aromatic rings. The molecule has 0 aliphatic carbocycles. The Hall–Kier alpha value is -1.19. The van der Waals surface area contributed by atoms with Crippen molar-refractivity contribution in [1.29, 1.82) is 0 Å². The molecule has 3 heteroatoms. The number of nitrogens with one attached hydrogen (secondary N) is 1. The molecule has 0 saturated heterocycles. The molecule has 1 heterocycles. The highest BCUT2D eigenvalue weighted by atomic mass is 79.9. The number of pyridine rings is 1. The van der Waals surface area contributed by atoms with Gasteiger partial charge >= 0.3 is 0 Å². The number of aromatic nitrogens is 1. The summed E-state index contributed by atoms with van der Waals surface area (Å²) in [5.41, 5.74) is 2.49. The van der Waals surface area contributed by atoms with Crippen LogP contribution in [0.2, 0.25) is 0 Å². The largest absolute Gasteiger partial charge is 0.306 e. The van der Waals surface area contributed by atoms with E-state index in [9.17, 15) is 0 Å². The molecule has 2 nitrogen and oxygen atoms in total. The molecule has 17 heavy (non-hydrogen) atoms. The van der Waals surface area contributed by atoms with E-state index in [1.807, 2.05) is 12.3 Å². The Kier molecular flexibility index (Phi) is 4.29. The van der Waals surface area contributed by atoms with Gasteiger partial charge < -0.3 is 5.32 Å². The van der Waals surface area contributed by atoms with Crippen LogP contribution in [0.5, 0.6) is 0 Å². The van der Waals surface area contributed by atoms with Crippen LogP contribution < -0.4 is 5.32 Å². The molecule has 88 valence electrons. The average Bonchev–Trinajstić information content (AvgIpc) is 2.38. The monoisotopic (exact) mass is 290 g/mol. The van der Waals surface area contributed by atoms with E-state index in [1.54, 1.807) is 6.20 Å². The fourth-order valence-electron chi connectivity index (χ4n) is 1.64. The Bertz CT molecular complexity index is 453. The van der Waals surface area contributed by atoms with Crippen LogP contribution in [0.4, 0.5) is 0 Å². The van der Waals surface area contributed by atoms with Crippen LogP contribution in [-0.2, 0) is 6.54 Å². The van der Waals surface area contributed by atoms with Crippen LogP contribution in [0.15, 0.2) is 53.3 Å². The second-order valence-corrected chi connectivity index (χ2v) is 4.93. The molecule has 1 aromatic carbocycles. The SMILES string of the molecule is C[C@@H](NCc1cccnc1)c1ccc(Br)cc1. The van der Waals surface area contributed by atoms with Crippen LogP contribution in [-0.4, -0.2) is 4.98 Å². The fourth-order valence-corrected chi connectivity index (χ4v) is 1.91. The Labute approximate surface area is 110 Å². The number of rotatable bonds is 4. The second kappa shape index (κ2) is 5.94. The number of nitrogens with zero attached hydrogens (tertiary/aromatic N) is 1. The van der Waals surface area contributed by atoms with Gasteiger partial charge in [0.05, 0.1) is 0 Å². The molecule has 0 bridgehead atoms. The van der Waals surface area contributed by atoms with Crippen LogP contribution in [0.1, 0.15) is 24.1 Å². The molecular weight excluding hydrogens is 276 g/mol. The van der Waals surface area contributed by atoms with Crippen molar-refractivity contribution >= 4 is 15.9 Å². The molecule has 0 radical (unpaired) electrons. The number of hydrogen-bond acceptors (Lipinski definition) is 2. The lowest BCUT2D eigenvalue weighted by Gasteiger charge is -2.14. The summed E-state index contributed by atoms with van der Waals surface area (Å²) in [4.78, 5) is 4.10. The van der Waals surface area contributed by atoms with Crippen LogP contribution in [0.3, 0.4) is 0 Å². The standard InChI is InChI=1S/C14H15BrN2/c1-11(13-4-6-14(15)7-5-13)17-10-12-3-2-8-16-9-12/h2-9,11,17H,10H2,1H3/t11-/m1/s1. The Morgan fingerprint density at radius 2 is 2.00 bits per heavy atom. The van der Waals surface area contributed by atoms with Gasteiger partial charge in [0.1, 0.15) is 0 Å². The first-order valence-electron chi connectivity index (χ1n) is 5.63. The molecule has 0 unspecified atom stereocenters. The molecule has 2 rings (SSSR count). The van der Waals surface area contributed by atoms with Crippen LogP contribution in [0, 0.1) is 0 Å². The smallest absolute Gasteiger partial charge is 0.0312 e. The summed E-state index contributed by atoms with van der Waals surface area (Å²) in [6, 6.07) is 12.8. The first-order chi connectivity index (χ1) is 8.25. The predicted octanol–water partition coefficient (Wildman–Crippen LogP) is 3.69. The molecule has 1 N–H and O–H groups in total. The summed E-state index contributed by atoms with van der Waals surface area (Å²) in [7, 11) is 0. The Morgan fingerprint density at radius 3 is 2.65 bits per heavy atom. The average molecular weight is 291 g/mol. The van der Waals surface area contributed by atoms with Gasteiger partial charge in [-0.2, -0.15) is 0 Å². The lowest BCUT2D eigenvalue weighted by molar-refractivity contribution is 0.574. The van der Waals surface area contributed by atoms with E-state index in [2.05, 4.69) is 63.5 Å². The zero-order valence-electron chi connectivity index (χ0n) is 9.73. The van der Waals surface area contributed by atoms with Crippen molar-refractivity contribution in [2.75, 3.05) is 0 Å². The molecule has 1 atom stereocenters. The van der Waals surface area contributed by atoms with Gasteiger partial charge in [0, 0.05) is 29.5 Å². The summed E-state index contributed by atoms with van der Waals surface area (Å²) >= 11 is 3.44. The zero-order valence-corrected chi connectivity index (χ0v) is 11.3. The summed E-state index contributed by atoms with van der Waals surface area (Å²) in [6.07, 6.45) is 3.68. The van der Waals surface area contributed by atoms with Crippen LogP contribution >= 0.6 is 15.9 Å². The molecule has 0 saturated carbocycles. The molecule has 0 spiro atoms. The lowest BCUT2D eigenvalue weighted by Crippen LogP contribution is -2.18. The molecule has 0 aliphatic rings. The van der Waals surface area contributed by atoms with Gasteiger partial charge in [-0.05, 0) is 36.2 Å². The first kappa shape index (κ1) is 12.3. The maximum atomic E-state index is 4.10. The van der Waals surface area contributed by atoms with Crippen molar-refractivity contribution in [3.63, 3.8) is 0 Å². The van der Waals surface area contributed by atoms with Gasteiger partial charge in [0.15, 0.2) is 0 Å². The van der Waals surface area contributed by atoms with E-state index < -0.39 is 0 Å². The highest BCUT2D eigenvalue weighted by Crippen LogP contribution is 2.16. The van der Waals surface area contributed by atoms with Crippen molar-refractivity contribution in [3.05, 3.63) is 64.4 Å². The molecular formula is C14H15BrN2.